The first-order chi connectivity index (χ1) is 8.97. The lowest BCUT2D eigenvalue weighted by atomic mass is 10.1. The van der Waals surface area contributed by atoms with Crippen molar-refractivity contribution in [1.29, 1.82) is 0 Å². The van der Waals surface area contributed by atoms with E-state index in [2.05, 4.69) is 6.92 Å². The first-order valence-corrected chi connectivity index (χ1v) is 7.08. The third-order valence-corrected chi connectivity index (χ3v) is 3.33. The Morgan fingerprint density at radius 1 is 1.32 bits per heavy atom. The van der Waals surface area contributed by atoms with E-state index in [9.17, 15) is 9.90 Å². The summed E-state index contributed by atoms with van der Waals surface area (Å²) >= 11 is 0. The Bertz CT molecular complexity index is 427. The zero-order valence-electron chi connectivity index (χ0n) is 12.4. The molecule has 0 atom stereocenters. The highest BCUT2D eigenvalue weighted by atomic mass is 16.3. The minimum Gasteiger partial charge on any atom is -0.508 e. The normalized spacial score (nSPS) is 10.8. The standard InChI is InChI=1S/C16H25NO2/c1-5-6-7-10-17(12(2)3)16(19)14-8-9-15(18)13(4)11-14/h8-9,11-12,18H,5-7,10H2,1-4H3. The molecule has 19 heavy (non-hydrogen) atoms. The number of amides is 1. The van der Waals surface area contributed by atoms with Crippen LogP contribution in [-0.2, 0) is 0 Å². The summed E-state index contributed by atoms with van der Waals surface area (Å²) in [5.74, 6) is 0.285. The average molecular weight is 263 g/mol. The van der Waals surface area contributed by atoms with Crippen LogP contribution in [0.4, 0.5) is 0 Å². The predicted octanol–water partition coefficient (Wildman–Crippen LogP) is 3.74. The van der Waals surface area contributed by atoms with Gasteiger partial charge in [0.15, 0.2) is 0 Å². The lowest BCUT2D eigenvalue weighted by molar-refractivity contribution is 0.0702. The summed E-state index contributed by atoms with van der Waals surface area (Å²) in [6, 6.07) is 5.23. The summed E-state index contributed by atoms with van der Waals surface area (Å²) in [6.07, 6.45) is 3.33. The van der Waals surface area contributed by atoms with Gasteiger partial charge in [-0.3, -0.25) is 4.79 Å². The highest BCUT2D eigenvalue weighted by molar-refractivity contribution is 5.94. The first kappa shape index (κ1) is 15.5. The molecule has 0 fully saturated rings. The van der Waals surface area contributed by atoms with E-state index in [1.807, 2.05) is 25.7 Å². The number of hydrogen-bond acceptors (Lipinski definition) is 2. The van der Waals surface area contributed by atoms with Gasteiger partial charge in [-0.25, -0.2) is 0 Å². The second-order valence-electron chi connectivity index (χ2n) is 5.30. The second kappa shape index (κ2) is 7.17. The second-order valence-corrected chi connectivity index (χ2v) is 5.30. The van der Waals surface area contributed by atoms with Gasteiger partial charge in [-0.15, -0.1) is 0 Å². The van der Waals surface area contributed by atoms with Crippen LogP contribution in [0.2, 0.25) is 0 Å². The molecule has 3 nitrogen and oxygen atoms in total. The van der Waals surface area contributed by atoms with Gasteiger partial charge >= 0.3 is 0 Å². The smallest absolute Gasteiger partial charge is 0.254 e. The van der Waals surface area contributed by atoms with Crippen LogP contribution in [0, 0.1) is 6.92 Å². The van der Waals surface area contributed by atoms with Gasteiger partial charge in [0.25, 0.3) is 5.91 Å². The van der Waals surface area contributed by atoms with Crippen molar-refractivity contribution in [1.82, 2.24) is 4.90 Å². The molecule has 0 unspecified atom stereocenters. The van der Waals surface area contributed by atoms with Crippen molar-refractivity contribution in [3.63, 3.8) is 0 Å². The van der Waals surface area contributed by atoms with Crippen molar-refractivity contribution >= 4 is 5.91 Å². The highest BCUT2D eigenvalue weighted by Gasteiger charge is 2.18. The minimum absolute atomic E-state index is 0.0502. The fourth-order valence-electron chi connectivity index (χ4n) is 2.08. The Balaban J connectivity index is 2.83. The number of hydrogen-bond donors (Lipinski definition) is 1. The maximum atomic E-state index is 12.5. The first-order valence-electron chi connectivity index (χ1n) is 7.08. The predicted molar refractivity (Wildman–Crippen MR) is 78.5 cm³/mol. The lowest BCUT2D eigenvalue weighted by Crippen LogP contribution is -2.37. The van der Waals surface area contributed by atoms with Crippen LogP contribution in [0.1, 0.15) is 56.0 Å². The summed E-state index contributed by atoms with van der Waals surface area (Å²) in [5, 5.41) is 9.52. The number of nitrogens with zero attached hydrogens (tertiary/aromatic N) is 1. The number of rotatable bonds is 6. The van der Waals surface area contributed by atoms with Crippen molar-refractivity contribution in [2.75, 3.05) is 6.54 Å². The lowest BCUT2D eigenvalue weighted by Gasteiger charge is -2.27. The van der Waals surface area contributed by atoms with Crippen molar-refractivity contribution < 1.29 is 9.90 Å². The fourth-order valence-corrected chi connectivity index (χ4v) is 2.08. The molecule has 1 aromatic rings. The van der Waals surface area contributed by atoms with Crippen LogP contribution in [0.15, 0.2) is 18.2 Å². The van der Waals surface area contributed by atoms with E-state index in [4.69, 9.17) is 0 Å². The Hall–Kier alpha value is -1.51. The number of phenolic OH excluding ortho intramolecular Hbond substituents is 1. The Morgan fingerprint density at radius 3 is 2.53 bits per heavy atom. The van der Waals surface area contributed by atoms with Crippen LogP contribution in [-0.4, -0.2) is 28.5 Å². The number of unbranched alkanes of at least 4 members (excludes halogenated alkanes) is 2. The molecular weight excluding hydrogens is 238 g/mol. The maximum Gasteiger partial charge on any atom is 0.254 e. The van der Waals surface area contributed by atoms with Gasteiger partial charge in [0.2, 0.25) is 0 Å². The third-order valence-electron chi connectivity index (χ3n) is 3.33. The third kappa shape index (κ3) is 4.27. The van der Waals surface area contributed by atoms with Gasteiger partial charge in [0.05, 0.1) is 0 Å². The molecule has 1 aromatic carbocycles. The van der Waals surface area contributed by atoms with E-state index >= 15 is 0 Å². The fraction of sp³-hybridized carbons (Fsp3) is 0.562. The van der Waals surface area contributed by atoms with Gasteiger partial charge in [0, 0.05) is 18.2 Å². The van der Waals surface area contributed by atoms with Crippen LogP contribution in [0.25, 0.3) is 0 Å². The van der Waals surface area contributed by atoms with Crippen LogP contribution in [0.5, 0.6) is 5.75 Å². The molecule has 0 heterocycles. The Kier molecular flexibility index (Phi) is 5.87. The zero-order valence-corrected chi connectivity index (χ0v) is 12.4. The van der Waals surface area contributed by atoms with Crippen LogP contribution < -0.4 is 0 Å². The van der Waals surface area contributed by atoms with Crippen LogP contribution in [0.3, 0.4) is 0 Å². The Morgan fingerprint density at radius 2 is 2.00 bits per heavy atom. The molecule has 0 radical (unpaired) electrons. The van der Waals surface area contributed by atoms with Crippen LogP contribution >= 0.6 is 0 Å². The molecule has 0 aliphatic carbocycles. The topological polar surface area (TPSA) is 40.5 Å². The average Bonchev–Trinajstić information content (AvgIpc) is 2.37. The minimum atomic E-state index is 0.0502. The number of phenols is 1. The monoisotopic (exact) mass is 263 g/mol. The van der Waals surface area contributed by atoms with Gasteiger partial charge < -0.3 is 10.0 Å². The molecule has 0 aliphatic rings. The van der Waals surface area contributed by atoms with E-state index < -0.39 is 0 Å². The molecule has 0 saturated carbocycles. The molecule has 0 aromatic heterocycles. The van der Waals surface area contributed by atoms with Crippen molar-refractivity contribution in [2.24, 2.45) is 0 Å². The highest BCUT2D eigenvalue weighted by Crippen LogP contribution is 2.19. The summed E-state index contributed by atoms with van der Waals surface area (Å²) in [7, 11) is 0. The Labute approximate surface area is 116 Å². The van der Waals surface area contributed by atoms with E-state index in [1.54, 1.807) is 18.2 Å². The SMILES string of the molecule is CCCCCN(C(=O)c1ccc(O)c(C)c1)C(C)C. The summed E-state index contributed by atoms with van der Waals surface area (Å²) in [4.78, 5) is 14.4. The molecular formula is C16H25NO2. The number of aromatic hydroxyl groups is 1. The zero-order chi connectivity index (χ0) is 14.4. The summed E-state index contributed by atoms with van der Waals surface area (Å²) in [5.41, 5.74) is 1.39. The molecule has 0 bridgehead atoms. The van der Waals surface area contributed by atoms with E-state index in [0.717, 1.165) is 31.4 Å². The molecule has 0 spiro atoms. The molecule has 0 saturated heterocycles. The molecule has 106 valence electrons. The molecule has 1 rings (SSSR count). The van der Waals surface area contributed by atoms with E-state index in [-0.39, 0.29) is 17.7 Å². The van der Waals surface area contributed by atoms with Crippen molar-refractivity contribution in [2.45, 2.75) is 53.0 Å². The summed E-state index contributed by atoms with van der Waals surface area (Å²) < 4.78 is 0. The number of carbonyl (C=O) groups excluding carboxylic acids is 1. The maximum absolute atomic E-state index is 12.5. The van der Waals surface area contributed by atoms with E-state index in [0.29, 0.717) is 5.56 Å². The van der Waals surface area contributed by atoms with Crippen molar-refractivity contribution in [3.8, 4) is 5.75 Å². The van der Waals surface area contributed by atoms with Crippen molar-refractivity contribution in [3.05, 3.63) is 29.3 Å². The summed E-state index contributed by atoms with van der Waals surface area (Å²) in [6.45, 7) is 8.84. The number of aryl methyl sites for hydroxylation is 1. The number of benzene rings is 1. The molecule has 0 aliphatic heterocycles. The number of carbonyl (C=O) groups is 1. The molecule has 3 heteroatoms. The van der Waals surface area contributed by atoms with E-state index in [1.165, 1.54) is 0 Å². The van der Waals surface area contributed by atoms with Gasteiger partial charge in [0.1, 0.15) is 5.75 Å². The largest absolute Gasteiger partial charge is 0.508 e. The quantitative estimate of drug-likeness (QED) is 0.794. The van der Waals surface area contributed by atoms with Gasteiger partial charge in [-0.1, -0.05) is 19.8 Å². The molecule has 1 N–H and O–H groups in total. The van der Waals surface area contributed by atoms with Gasteiger partial charge in [-0.2, -0.15) is 0 Å². The molecule has 1 amide bonds. The van der Waals surface area contributed by atoms with Gasteiger partial charge in [-0.05, 0) is 51.0 Å².